The van der Waals surface area contributed by atoms with Gasteiger partial charge in [-0.1, -0.05) is 283 Å². The zero-order chi connectivity index (χ0) is 90.0. The number of unbranched alkanes of at least 4 members (excludes halogenated alkanes) is 3. The Kier molecular flexibility index (Phi) is 62.0. The van der Waals surface area contributed by atoms with Gasteiger partial charge in [-0.25, -0.2) is 0 Å². The van der Waals surface area contributed by atoms with Crippen molar-refractivity contribution in [3.8, 4) is 0 Å². The third-order valence-electron chi connectivity index (χ3n) is 40.8. The van der Waals surface area contributed by atoms with Crippen LogP contribution in [-0.4, -0.2) is 16.4 Å². The molecular formula is C127H254O3. The van der Waals surface area contributed by atoms with Crippen molar-refractivity contribution in [2.75, 3.05) is 0 Å². The normalized spacial score (nSPS) is 38.4. The lowest BCUT2D eigenvalue weighted by atomic mass is 9.65. The quantitative estimate of drug-likeness (QED) is 0.0527. The summed E-state index contributed by atoms with van der Waals surface area (Å²) >= 11 is 0. The zero-order valence-electron chi connectivity index (χ0n) is 88.9. The minimum atomic E-state index is 0. The van der Waals surface area contributed by atoms with Crippen molar-refractivity contribution in [1.82, 2.24) is 0 Å². The molecule has 0 saturated heterocycles. The lowest BCUT2D eigenvalue weighted by Crippen LogP contribution is -2.29. The maximum Gasteiger partial charge on any atom is 0 e. The van der Waals surface area contributed by atoms with E-state index in [9.17, 15) is 0 Å². The summed E-state index contributed by atoms with van der Waals surface area (Å²) in [4.78, 5) is 0. The molecule has 0 heterocycles. The van der Waals surface area contributed by atoms with Crippen LogP contribution < -0.4 is 0 Å². The molecule has 15 aliphatic rings. The van der Waals surface area contributed by atoms with Crippen molar-refractivity contribution >= 4 is 0 Å². The van der Waals surface area contributed by atoms with Crippen LogP contribution in [0, 0.1) is 178 Å². The van der Waals surface area contributed by atoms with Gasteiger partial charge in [0.1, 0.15) is 0 Å². The molecule has 15 aliphatic carbocycles. The fraction of sp³-hybridized carbons (Fsp3) is 0.890. The van der Waals surface area contributed by atoms with E-state index in [4.69, 9.17) is 0 Å². The number of hydrogen-bond acceptors (Lipinski definition) is 0. The molecule has 6 N–H and O–H groups in total. The average molecular weight is 1830 g/mol. The molecule has 0 radical (unpaired) electrons. The van der Waals surface area contributed by atoms with Crippen LogP contribution >= 0.6 is 0 Å². The second-order valence-corrected chi connectivity index (χ2v) is 48.9. The first-order valence-electron chi connectivity index (χ1n) is 59.6. The molecule has 3 nitrogen and oxygen atoms in total. The SMILES string of the molecule is C/C=C/C1CCC(C2CCC(CCC)CC2)CC1.C/C=C/CCC1CCC(C2CCC(C)CC2)CC1.C=CC1CCC(C2CCC(C3CCC(C)CC3)CC2)CC1.C=CC1CCC(C2CCC(CC)CC2)CC1.C=CC1CCC(C2CCC(CCC)CC2)CC1.C=CC1CCC(C2CCC(CCCC)CC2)CC1.C=CC1CCC(C2CCC(CCCCC)CC2)CC1.O.O.O.[HH].[HH].[HH].[HH].[HH].[HH].[HH].[HH].[HH].[HH].[HH].[HH]. The second kappa shape index (κ2) is 69.0. The van der Waals surface area contributed by atoms with Gasteiger partial charge in [0.25, 0.3) is 0 Å². The summed E-state index contributed by atoms with van der Waals surface area (Å²) < 4.78 is 0. The van der Waals surface area contributed by atoms with Gasteiger partial charge in [-0.15, -0.1) is 32.9 Å². The van der Waals surface area contributed by atoms with Gasteiger partial charge < -0.3 is 16.4 Å². The Labute approximate surface area is 831 Å². The van der Waals surface area contributed by atoms with Crippen LogP contribution in [0.2, 0.25) is 0 Å². The van der Waals surface area contributed by atoms with Crippen LogP contribution in [0.4, 0.5) is 0 Å². The first-order valence-corrected chi connectivity index (χ1v) is 59.6. The van der Waals surface area contributed by atoms with Gasteiger partial charge in [-0.2, -0.15) is 0 Å². The molecule has 0 aromatic heterocycles. The standard InChI is InChI=1S/C21H36.C19H34.3C18H32.C17H30.C16H28.3H2O.12H2/c1-3-17-6-10-19(11-7-17)21-14-12-20(13-15-21)18-8-4-16(2)5-9-18;1-3-5-6-7-17-10-14-19(15-11-17)18-12-8-16(4-2)9-13-18;1-3-4-5-6-16-9-13-18(14-10-16)17-11-7-15(2)8-12-17;1-3-5-6-16-9-13-18(14-10-16)17-11-7-15(4-2)8-12-17;1-3-5-15-7-11-17(12-8-15)18-13-9-16(6-4-2)10-14-18;1-3-5-15-8-12-17(13-9-15)16-10-6-14(4-2)7-11-16;1-3-13-5-9-15(10-6-13)16-11-7-14(4-2)8-12-16;;;;;;;;;;;;;;;/h3,16-21H,1,4-15H2,2H3;4,16-19H,2-3,5-15H2,1H3;3-4,15-18H,5-14H2,1-2H3;4,15-18H,2-3,5-14H2,1H3;3,5,15-18H,4,6-14H2,1-2H3;4,14-17H,2-3,5-13H2,1H3;3,13-16H,1,4-12H2,2H3;3*1H2;12*1H/b;;4-3+;;5-3+;;;;;;;;;;;;;;;;;. The average Bonchev–Trinajstić information content (AvgIpc) is 0.819. The molecule has 0 spiro atoms. The van der Waals surface area contributed by atoms with Crippen molar-refractivity contribution < 1.29 is 33.5 Å². The van der Waals surface area contributed by atoms with Gasteiger partial charge in [0.05, 0.1) is 0 Å². The van der Waals surface area contributed by atoms with Crippen LogP contribution in [0.1, 0.15) is 555 Å². The third kappa shape index (κ3) is 42.6. The topological polar surface area (TPSA) is 94.5 Å². The first kappa shape index (κ1) is 117. The van der Waals surface area contributed by atoms with Crippen molar-refractivity contribution in [1.29, 1.82) is 0 Å². The molecule has 3 heteroatoms. The van der Waals surface area contributed by atoms with E-state index >= 15 is 0 Å². The van der Waals surface area contributed by atoms with E-state index in [2.05, 4.69) is 150 Å². The Balaban J connectivity index is -0.000000295. The fourth-order valence-electron chi connectivity index (χ4n) is 31.2. The van der Waals surface area contributed by atoms with E-state index in [1.807, 2.05) is 0 Å². The highest BCUT2D eigenvalue weighted by atomic mass is 16.0. The lowest BCUT2D eigenvalue weighted by Gasteiger charge is -2.41. The Hall–Kier alpha value is -1.94. The van der Waals surface area contributed by atoms with Crippen molar-refractivity contribution in [2.45, 2.75) is 537 Å². The Bertz CT molecular complexity index is 2800. The van der Waals surface area contributed by atoms with Crippen molar-refractivity contribution in [3.63, 3.8) is 0 Å². The van der Waals surface area contributed by atoms with E-state index in [0.29, 0.717) is 0 Å². The summed E-state index contributed by atoms with van der Waals surface area (Å²) in [5.74, 6) is 30.8. The van der Waals surface area contributed by atoms with Gasteiger partial charge in [0.2, 0.25) is 0 Å². The smallest absolute Gasteiger partial charge is 0 e. The molecule has 0 aromatic rings. The second-order valence-electron chi connectivity index (χ2n) is 48.9. The summed E-state index contributed by atoms with van der Waals surface area (Å²) in [6.45, 7) is 40.7. The van der Waals surface area contributed by atoms with Gasteiger partial charge in [-0.3, -0.25) is 0 Å². The predicted octanol–water partition coefficient (Wildman–Crippen LogP) is 42.2. The number of rotatable bonds is 29. The highest BCUT2D eigenvalue weighted by molar-refractivity contribution is 4.97. The molecule has 130 heavy (non-hydrogen) atoms. The number of allylic oxidation sites excluding steroid dienone is 9. The van der Waals surface area contributed by atoms with E-state index < -0.39 is 0 Å². The van der Waals surface area contributed by atoms with Crippen LogP contribution in [0.25, 0.3) is 0 Å². The largest absolute Gasteiger partial charge is 0.412 e. The molecule has 15 fully saturated rings. The molecular weight excluding hydrogens is 1570 g/mol. The molecule has 15 saturated carbocycles. The highest BCUT2D eigenvalue weighted by Gasteiger charge is 2.39. The fourth-order valence-corrected chi connectivity index (χ4v) is 31.2. The van der Waals surface area contributed by atoms with E-state index in [1.165, 1.54) is 398 Å². The zero-order valence-corrected chi connectivity index (χ0v) is 88.9. The van der Waals surface area contributed by atoms with Crippen molar-refractivity contribution in [3.05, 3.63) is 87.6 Å². The number of hydrogen-bond donors (Lipinski definition) is 0. The molecule has 0 atom stereocenters. The molecule has 0 unspecified atom stereocenters. The summed E-state index contributed by atoms with van der Waals surface area (Å²) in [5, 5.41) is 0. The Morgan fingerprint density at radius 2 is 0.392 bits per heavy atom. The van der Waals surface area contributed by atoms with Crippen molar-refractivity contribution in [2.24, 2.45) is 178 Å². The summed E-state index contributed by atoms with van der Waals surface area (Å²) in [6.07, 6.45) is 131. The van der Waals surface area contributed by atoms with Crippen LogP contribution in [0.3, 0.4) is 0 Å². The monoisotopic (exact) mass is 1830 g/mol. The molecule has 0 aromatic carbocycles. The van der Waals surface area contributed by atoms with Gasteiger partial charge in [-0.05, 0) is 487 Å². The predicted molar refractivity (Wildman–Crippen MR) is 603 cm³/mol. The maximum atomic E-state index is 3.99. The van der Waals surface area contributed by atoms with Gasteiger partial charge >= 0.3 is 0 Å². The summed E-state index contributed by atoms with van der Waals surface area (Å²) in [6, 6.07) is 0. The van der Waals surface area contributed by atoms with E-state index in [1.54, 1.807) is 77.0 Å². The van der Waals surface area contributed by atoms with Crippen LogP contribution in [0.15, 0.2) is 87.6 Å². The van der Waals surface area contributed by atoms with Gasteiger partial charge in [0.15, 0.2) is 0 Å². The van der Waals surface area contributed by atoms with Gasteiger partial charge in [0, 0.05) is 17.1 Å². The van der Waals surface area contributed by atoms with E-state index in [0.717, 1.165) is 178 Å². The molecule has 0 amide bonds. The molecule has 780 valence electrons. The van der Waals surface area contributed by atoms with Crippen LogP contribution in [-0.2, 0) is 0 Å². The molecule has 0 bridgehead atoms. The van der Waals surface area contributed by atoms with E-state index in [-0.39, 0.29) is 33.5 Å². The Morgan fingerprint density at radius 3 is 0.600 bits per heavy atom. The summed E-state index contributed by atoms with van der Waals surface area (Å²) in [5.41, 5.74) is 0. The minimum absolute atomic E-state index is 0. The van der Waals surface area contributed by atoms with Crippen LogP contribution in [0.5, 0.6) is 0 Å². The molecule has 0 aliphatic heterocycles. The first-order chi connectivity index (χ1) is 62.2. The third-order valence-corrected chi connectivity index (χ3v) is 40.8. The maximum absolute atomic E-state index is 3.99. The molecule has 15 rings (SSSR count). The lowest BCUT2D eigenvalue weighted by molar-refractivity contribution is 0.110. The Morgan fingerprint density at radius 1 is 0.200 bits per heavy atom. The minimum Gasteiger partial charge on any atom is -0.412 e. The summed E-state index contributed by atoms with van der Waals surface area (Å²) in [7, 11) is 0. The highest BCUT2D eigenvalue weighted by Crippen LogP contribution is 2.52.